The van der Waals surface area contributed by atoms with Crippen LogP contribution >= 0.6 is 0 Å². The highest BCUT2D eigenvalue weighted by atomic mass is 16.5. The summed E-state index contributed by atoms with van der Waals surface area (Å²) < 4.78 is 11.5. The van der Waals surface area contributed by atoms with Crippen molar-refractivity contribution in [3.8, 4) is 11.5 Å². The lowest BCUT2D eigenvalue weighted by atomic mass is 10.2. The molecule has 3 rings (SSSR count). The van der Waals surface area contributed by atoms with Crippen molar-refractivity contribution in [2.45, 2.75) is 13.3 Å². The molecule has 0 atom stereocenters. The molecule has 26 heavy (non-hydrogen) atoms. The second-order valence-electron chi connectivity index (χ2n) is 6.65. The molecule has 0 bridgehead atoms. The van der Waals surface area contributed by atoms with Crippen molar-refractivity contribution in [1.82, 2.24) is 19.8 Å². The van der Waals surface area contributed by atoms with Crippen molar-refractivity contribution in [2.75, 3.05) is 59.5 Å². The lowest BCUT2D eigenvalue weighted by Gasteiger charge is -2.34. The first-order chi connectivity index (χ1) is 12.7. The van der Waals surface area contributed by atoms with E-state index >= 15 is 0 Å². The molecule has 1 aromatic carbocycles. The molecule has 0 saturated carbocycles. The number of aromatic nitrogens is 2. The molecule has 7 heteroatoms. The molecule has 0 aliphatic carbocycles. The van der Waals surface area contributed by atoms with Crippen LogP contribution in [0.1, 0.15) is 12.1 Å². The van der Waals surface area contributed by atoms with Gasteiger partial charge < -0.3 is 20.1 Å². The molecule has 0 amide bonds. The van der Waals surface area contributed by atoms with Crippen LogP contribution in [0.15, 0.2) is 18.5 Å². The zero-order valence-corrected chi connectivity index (χ0v) is 15.8. The van der Waals surface area contributed by atoms with Crippen LogP contribution < -0.4 is 15.2 Å². The number of aryl methyl sites for hydroxylation is 1. The summed E-state index contributed by atoms with van der Waals surface area (Å²) in [5.41, 5.74) is 7.44. The molecule has 2 N–H and O–H groups in total. The Balaban J connectivity index is 1.51. The number of benzene rings is 1. The number of methoxy groups -OCH3 is 1. The normalized spacial score (nSPS) is 16.1. The van der Waals surface area contributed by atoms with Gasteiger partial charge in [0.25, 0.3) is 0 Å². The third-order valence-electron chi connectivity index (χ3n) is 4.91. The van der Waals surface area contributed by atoms with Gasteiger partial charge in [0.1, 0.15) is 6.33 Å². The smallest absolute Gasteiger partial charge is 0.162 e. The van der Waals surface area contributed by atoms with E-state index in [4.69, 9.17) is 15.2 Å². The second kappa shape index (κ2) is 9.12. The van der Waals surface area contributed by atoms with Gasteiger partial charge >= 0.3 is 0 Å². The van der Waals surface area contributed by atoms with E-state index in [0.717, 1.165) is 74.6 Å². The minimum atomic E-state index is 0.664. The van der Waals surface area contributed by atoms with Crippen LogP contribution in [-0.2, 0) is 0 Å². The van der Waals surface area contributed by atoms with Crippen molar-refractivity contribution in [1.29, 1.82) is 0 Å². The predicted octanol–water partition coefficient (Wildman–Crippen LogP) is 1.29. The molecule has 142 valence electrons. The zero-order chi connectivity index (χ0) is 18.4. The topological polar surface area (TPSA) is 76.7 Å². The Hall–Kier alpha value is -1.96. The summed E-state index contributed by atoms with van der Waals surface area (Å²) in [5, 5.41) is 0.999. The van der Waals surface area contributed by atoms with E-state index in [1.54, 1.807) is 13.4 Å². The van der Waals surface area contributed by atoms with Gasteiger partial charge in [-0.05, 0) is 19.4 Å². The molecule has 0 unspecified atom stereocenters. The van der Waals surface area contributed by atoms with Gasteiger partial charge in [0.05, 0.1) is 19.2 Å². The Morgan fingerprint density at radius 2 is 1.77 bits per heavy atom. The van der Waals surface area contributed by atoms with Gasteiger partial charge in [0.2, 0.25) is 0 Å². The molecule has 1 saturated heterocycles. The third-order valence-corrected chi connectivity index (χ3v) is 4.91. The van der Waals surface area contributed by atoms with E-state index in [1.165, 1.54) is 0 Å². The molecule has 0 spiro atoms. The standard InChI is InChI=1S/C19H29N5O2/c1-15-16-12-19(18(25-2)13-17(16)22-14-21-15)26-11-3-5-23-7-9-24(6-4-20)10-8-23/h12-14H,3-11,20H2,1-2H3. The summed E-state index contributed by atoms with van der Waals surface area (Å²) in [7, 11) is 1.66. The lowest BCUT2D eigenvalue weighted by Crippen LogP contribution is -2.48. The molecule has 2 aromatic rings. The molecule has 1 fully saturated rings. The Morgan fingerprint density at radius 1 is 1.04 bits per heavy atom. The van der Waals surface area contributed by atoms with Crippen LogP contribution in [0.2, 0.25) is 0 Å². The third kappa shape index (κ3) is 4.60. The number of fused-ring (bicyclic) bond motifs is 1. The summed E-state index contributed by atoms with van der Waals surface area (Å²) in [6.45, 7) is 9.86. The highest BCUT2D eigenvalue weighted by Crippen LogP contribution is 2.32. The maximum absolute atomic E-state index is 6.01. The van der Waals surface area contributed by atoms with Gasteiger partial charge in [-0.1, -0.05) is 0 Å². The van der Waals surface area contributed by atoms with E-state index in [1.807, 2.05) is 19.1 Å². The summed E-state index contributed by atoms with van der Waals surface area (Å²) in [6, 6.07) is 3.89. The summed E-state index contributed by atoms with van der Waals surface area (Å²) in [4.78, 5) is 13.5. The number of piperazine rings is 1. The Kier molecular flexibility index (Phi) is 6.60. The number of hydrogen-bond donors (Lipinski definition) is 1. The fourth-order valence-corrected chi connectivity index (χ4v) is 3.35. The van der Waals surface area contributed by atoms with Crippen molar-refractivity contribution in [3.05, 3.63) is 24.2 Å². The largest absolute Gasteiger partial charge is 0.493 e. The van der Waals surface area contributed by atoms with Gasteiger partial charge in [-0.3, -0.25) is 4.90 Å². The summed E-state index contributed by atoms with van der Waals surface area (Å²) >= 11 is 0. The number of hydrogen-bond acceptors (Lipinski definition) is 7. The van der Waals surface area contributed by atoms with Crippen molar-refractivity contribution >= 4 is 10.9 Å². The predicted molar refractivity (Wildman–Crippen MR) is 103 cm³/mol. The Bertz CT molecular complexity index is 716. The van der Waals surface area contributed by atoms with Gasteiger partial charge in [0, 0.05) is 63.0 Å². The Labute approximate surface area is 155 Å². The number of ether oxygens (including phenoxy) is 2. The highest BCUT2D eigenvalue weighted by Gasteiger charge is 2.16. The fourth-order valence-electron chi connectivity index (χ4n) is 3.35. The van der Waals surface area contributed by atoms with Crippen LogP contribution in [0, 0.1) is 6.92 Å². The molecule has 1 aliphatic heterocycles. The molecule has 2 heterocycles. The van der Waals surface area contributed by atoms with E-state index in [2.05, 4.69) is 19.8 Å². The van der Waals surface area contributed by atoms with Crippen LogP contribution in [0.25, 0.3) is 10.9 Å². The first-order valence-corrected chi connectivity index (χ1v) is 9.28. The molecule has 0 radical (unpaired) electrons. The highest BCUT2D eigenvalue weighted by molar-refractivity contribution is 5.84. The average Bonchev–Trinajstić information content (AvgIpc) is 2.66. The monoisotopic (exact) mass is 359 g/mol. The first-order valence-electron chi connectivity index (χ1n) is 9.28. The number of nitrogens with zero attached hydrogens (tertiary/aromatic N) is 4. The minimum Gasteiger partial charge on any atom is -0.493 e. The first kappa shape index (κ1) is 18.8. The molecular formula is C19H29N5O2. The fraction of sp³-hybridized carbons (Fsp3) is 0.579. The van der Waals surface area contributed by atoms with Crippen LogP contribution in [0.4, 0.5) is 0 Å². The molecule has 7 nitrogen and oxygen atoms in total. The number of nitrogens with two attached hydrogens (primary N) is 1. The SMILES string of the molecule is COc1cc2ncnc(C)c2cc1OCCCN1CCN(CCN)CC1. The van der Waals surface area contributed by atoms with Crippen LogP contribution in [-0.4, -0.2) is 79.3 Å². The quantitative estimate of drug-likeness (QED) is 0.712. The van der Waals surface area contributed by atoms with Crippen molar-refractivity contribution in [2.24, 2.45) is 5.73 Å². The van der Waals surface area contributed by atoms with Crippen LogP contribution in [0.3, 0.4) is 0 Å². The zero-order valence-electron chi connectivity index (χ0n) is 15.8. The lowest BCUT2D eigenvalue weighted by molar-refractivity contribution is 0.128. The molecule has 1 aromatic heterocycles. The average molecular weight is 359 g/mol. The molecule has 1 aliphatic rings. The van der Waals surface area contributed by atoms with E-state index < -0.39 is 0 Å². The Morgan fingerprint density at radius 3 is 2.46 bits per heavy atom. The van der Waals surface area contributed by atoms with Crippen molar-refractivity contribution in [3.63, 3.8) is 0 Å². The number of rotatable bonds is 8. The maximum Gasteiger partial charge on any atom is 0.162 e. The van der Waals surface area contributed by atoms with E-state index in [9.17, 15) is 0 Å². The van der Waals surface area contributed by atoms with E-state index in [-0.39, 0.29) is 0 Å². The molecular weight excluding hydrogens is 330 g/mol. The van der Waals surface area contributed by atoms with Gasteiger partial charge in [-0.15, -0.1) is 0 Å². The van der Waals surface area contributed by atoms with Gasteiger partial charge in [-0.2, -0.15) is 0 Å². The van der Waals surface area contributed by atoms with Gasteiger partial charge in [0.15, 0.2) is 11.5 Å². The van der Waals surface area contributed by atoms with Crippen LogP contribution in [0.5, 0.6) is 11.5 Å². The summed E-state index contributed by atoms with van der Waals surface area (Å²) in [5.74, 6) is 1.47. The second-order valence-corrected chi connectivity index (χ2v) is 6.65. The van der Waals surface area contributed by atoms with Gasteiger partial charge in [-0.25, -0.2) is 9.97 Å². The maximum atomic E-state index is 6.01. The van der Waals surface area contributed by atoms with E-state index in [0.29, 0.717) is 12.4 Å². The van der Waals surface area contributed by atoms with Crippen molar-refractivity contribution < 1.29 is 9.47 Å². The summed E-state index contributed by atoms with van der Waals surface area (Å²) in [6.07, 6.45) is 2.56. The minimum absolute atomic E-state index is 0.664.